The SMILES string of the molecule is Nc1cc(F)ccc1NC(=O)C=Cc1cnn(CC=Cc2ccccc2)c1. The third kappa shape index (κ3) is 5.40. The monoisotopic (exact) mass is 362 g/mol. The van der Waals surface area contributed by atoms with E-state index in [1.807, 2.05) is 48.7 Å². The number of nitrogen functional groups attached to an aromatic ring is 1. The molecule has 3 rings (SSSR count). The van der Waals surface area contributed by atoms with Crippen molar-refractivity contribution in [1.82, 2.24) is 9.78 Å². The third-order valence-electron chi connectivity index (χ3n) is 3.75. The summed E-state index contributed by atoms with van der Waals surface area (Å²) in [6.45, 7) is 0.626. The fourth-order valence-corrected chi connectivity index (χ4v) is 2.42. The molecule has 1 amide bonds. The highest BCUT2D eigenvalue weighted by atomic mass is 19.1. The molecule has 0 spiro atoms. The van der Waals surface area contributed by atoms with Gasteiger partial charge in [0, 0.05) is 17.8 Å². The topological polar surface area (TPSA) is 72.9 Å². The molecule has 27 heavy (non-hydrogen) atoms. The summed E-state index contributed by atoms with van der Waals surface area (Å²) in [5.74, 6) is -0.806. The molecular weight excluding hydrogens is 343 g/mol. The van der Waals surface area contributed by atoms with E-state index in [2.05, 4.69) is 10.4 Å². The molecule has 0 saturated heterocycles. The largest absolute Gasteiger partial charge is 0.397 e. The lowest BCUT2D eigenvalue weighted by atomic mass is 10.2. The van der Waals surface area contributed by atoms with Crippen molar-refractivity contribution in [3.63, 3.8) is 0 Å². The number of anilines is 2. The Bertz CT molecular complexity index is 977. The zero-order valence-corrected chi connectivity index (χ0v) is 14.5. The third-order valence-corrected chi connectivity index (χ3v) is 3.75. The molecule has 2 aromatic carbocycles. The molecule has 0 atom stereocenters. The summed E-state index contributed by atoms with van der Waals surface area (Å²) in [4.78, 5) is 12.0. The Balaban J connectivity index is 1.55. The van der Waals surface area contributed by atoms with Crippen molar-refractivity contribution in [2.75, 3.05) is 11.1 Å². The summed E-state index contributed by atoms with van der Waals surface area (Å²) in [7, 11) is 0. The van der Waals surface area contributed by atoms with E-state index in [0.717, 1.165) is 17.2 Å². The van der Waals surface area contributed by atoms with Crippen LogP contribution in [0.15, 0.2) is 73.1 Å². The average molecular weight is 362 g/mol. The summed E-state index contributed by atoms with van der Waals surface area (Å²) in [6, 6.07) is 13.8. The van der Waals surface area contributed by atoms with Gasteiger partial charge in [0.25, 0.3) is 0 Å². The molecule has 5 nitrogen and oxygen atoms in total. The summed E-state index contributed by atoms with van der Waals surface area (Å²) < 4.78 is 14.8. The molecule has 0 bridgehead atoms. The number of carbonyl (C=O) groups excluding carboxylic acids is 1. The van der Waals surface area contributed by atoms with E-state index in [9.17, 15) is 9.18 Å². The molecule has 0 fully saturated rings. The Kier molecular flexibility index (Phi) is 5.79. The number of amides is 1. The van der Waals surface area contributed by atoms with Crippen LogP contribution < -0.4 is 11.1 Å². The predicted molar refractivity (Wildman–Crippen MR) is 106 cm³/mol. The average Bonchev–Trinajstić information content (AvgIpc) is 3.11. The molecule has 1 aromatic heterocycles. The Morgan fingerprint density at radius 2 is 1.96 bits per heavy atom. The maximum Gasteiger partial charge on any atom is 0.248 e. The molecule has 3 N–H and O–H groups in total. The van der Waals surface area contributed by atoms with Gasteiger partial charge in [-0.1, -0.05) is 42.5 Å². The Morgan fingerprint density at radius 1 is 1.15 bits per heavy atom. The van der Waals surface area contributed by atoms with Gasteiger partial charge in [0.1, 0.15) is 5.82 Å². The number of nitrogens with two attached hydrogens (primary N) is 1. The van der Waals surface area contributed by atoms with E-state index in [0.29, 0.717) is 12.2 Å². The van der Waals surface area contributed by atoms with Gasteiger partial charge in [-0.2, -0.15) is 5.10 Å². The number of rotatable bonds is 6. The first kappa shape index (κ1) is 18.1. The Hall–Kier alpha value is -3.67. The first-order valence-electron chi connectivity index (χ1n) is 8.38. The van der Waals surface area contributed by atoms with Gasteiger partial charge in [0.05, 0.1) is 24.1 Å². The molecule has 0 aliphatic carbocycles. The molecule has 0 aliphatic heterocycles. The summed E-state index contributed by atoms with van der Waals surface area (Å²) in [6.07, 6.45) is 10.6. The van der Waals surface area contributed by atoms with Gasteiger partial charge in [0.2, 0.25) is 5.91 Å². The number of halogens is 1. The van der Waals surface area contributed by atoms with Crippen LogP contribution in [0.1, 0.15) is 11.1 Å². The van der Waals surface area contributed by atoms with Gasteiger partial charge in [-0.25, -0.2) is 4.39 Å². The second kappa shape index (κ2) is 8.62. The van der Waals surface area contributed by atoms with E-state index >= 15 is 0 Å². The number of aromatic nitrogens is 2. The lowest BCUT2D eigenvalue weighted by molar-refractivity contribution is -0.111. The molecule has 1 heterocycles. The molecule has 0 aliphatic rings. The number of carbonyl (C=O) groups is 1. The van der Waals surface area contributed by atoms with Gasteiger partial charge >= 0.3 is 0 Å². The first-order chi connectivity index (χ1) is 13.1. The standard InChI is InChI=1S/C21H19FN4O/c22-18-9-10-20(19(23)13-18)25-21(27)11-8-17-14-24-26(15-17)12-4-7-16-5-2-1-3-6-16/h1-11,13-15H,12,23H2,(H,25,27). The van der Waals surface area contributed by atoms with Crippen LogP contribution in [0.3, 0.4) is 0 Å². The van der Waals surface area contributed by atoms with Crippen molar-refractivity contribution in [2.24, 2.45) is 0 Å². The predicted octanol–water partition coefficient (Wildman–Crippen LogP) is 3.97. The first-order valence-corrected chi connectivity index (χ1v) is 8.38. The maximum atomic E-state index is 13.0. The van der Waals surface area contributed by atoms with Crippen LogP contribution in [0, 0.1) is 5.82 Å². The van der Waals surface area contributed by atoms with Gasteiger partial charge in [0.15, 0.2) is 0 Å². The number of nitrogens with one attached hydrogen (secondary N) is 1. The van der Waals surface area contributed by atoms with E-state index in [1.54, 1.807) is 17.0 Å². The second-order valence-electron chi connectivity index (χ2n) is 5.86. The lowest BCUT2D eigenvalue weighted by Crippen LogP contribution is -2.09. The molecule has 3 aromatic rings. The van der Waals surface area contributed by atoms with Crippen molar-refractivity contribution < 1.29 is 9.18 Å². The lowest BCUT2D eigenvalue weighted by Gasteiger charge is -2.05. The van der Waals surface area contributed by atoms with Gasteiger partial charge < -0.3 is 11.1 Å². The minimum absolute atomic E-state index is 0.176. The van der Waals surface area contributed by atoms with Gasteiger partial charge in [-0.05, 0) is 29.8 Å². The summed E-state index contributed by atoms with van der Waals surface area (Å²) in [5, 5.41) is 6.87. The highest BCUT2D eigenvalue weighted by Gasteiger charge is 2.03. The molecule has 0 saturated carbocycles. The fraction of sp³-hybridized carbons (Fsp3) is 0.0476. The Labute approximate surface area is 156 Å². The highest BCUT2D eigenvalue weighted by Crippen LogP contribution is 2.19. The van der Waals surface area contributed by atoms with Crippen molar-refractivity contribution in [2.45, 2.75) is 6.54 Å². The second-order valence-corrected chi connectivity index (χ2v) is 5.86. The van der Waals surface area contributed by atoms with Crippen molar-refractivity contribution in [3.8, 4) is 0 Å². The molecule has 6 heteroatoms. The van der Waals surface area contributed by atoms with E-state index in [4.69, 9.17) is 5.73 Å². The minimum atomic E-state index is -0.449. The quantitative estimate of drug-likeness (QED) is 0.515. The van der Waals surface area contributed by atoms with Gasteiger partial charge in [-0.3, -0.25) is 9.48 Å². The van der Waals surface area contributed by atoms with E-state index in [-0.39, 0.29) is 11.6 Å². The zero-order valence-electron chi connectivity index (χ0n) is 14.5. The van der Waals surface area contributed by atoms with Crippen molar-refractivity contribution >= 4 is 29.4 Å². The maximum absolute atomic E-state index is 13.0. The summed E-state index contributed by atoms with van der Waals surface area (Å²) >= 11 is 0. The number of hydrogen-bond acceptors (Lipinski definition) is 3. The minimum Gasteiger partial charge on any atom is -0.397 e. The van der Waals surface area contributed by atoms with Crippen molar-refractivity contribution in [3.05, 3.63) is 90.0 Å². The van der Waals surface area contributed by atoms with Crippen LogP contribution in [0.4, 0.5) is 15.8 Å². The molecule has 0 unspecified atom stereocenters. The number of benzene rings is 2. The Morgan fingerprint density at radius 3 is 2.74 bits per heavy atom. The van der Waals surface area contributed by atoms with Crippen LogP contribution in [0.2, 0.25) is 0 Å². The van der Waals surface area contributed by atoms with Crippen LogP contribution in [0.5, 0.6) is 0 Å². The number of allylic oxidation sites excluding steroid dienone is 1. The van der Waals surface area contributed by atoms with Crippen LogP contribution in [-0.4, -0.2) is 15.7 Å². The molecule has 136 valence electrons. The normalized spacial score (nSPS) is 11.3. The van der Waals surface area contributed by atoms with E-state index in [1.165, 1.54) is 18.2 Å². The number of nitrogens with zero attached hydrogens (tertiary/aromatic N) is 2. The molecular formula is C21H19FN4O. The van der Waals surface area contributed by atoms with Crippen LogP contribution >= 0.6 is 0 Å². The highest BCUT2D eigenvalue weighted by molar-refractivity contribution is 6.03. The number of hydrogen-bond donors (Lipinski definition) is 2. The van der Waals surface area contributed by atoms with Crippen molar-refractivity contribution in [1.29, 1.82) is 0 Å². The zero-order chi connectivity index (χ0) is 19.1. The smallest absolute Gasteiger partial charge is 0.248 e. The van der Waals surface area contributed by atoms with Crippen LogP contribution in [0.25, 0.3) is 12.2 Å². The molecule has 0 radical (unpaired) electrons. The van der Waals surface area contributed by atoms with Gasteiger partial charge in [-0.15, -0.1) is 0 Å². The summed E-state index contributed by atoms with van der Waals surface area (Å²) in [5.41, 5.74) is 8.14. The van der Waals surface area contributed by atoms with E-state index < -0.39 is 5.82 Å². The fourth-order valence-electron chi connectivity index (χ4n) is 2.42. The van der Waals surface area contributed by atoms with Crippen LogP contribution in [-0.2, 0) is 11.3 Å².